The zero-order valence-corrected chi connectivity index (χ0v) is 11.9. The summed E-state index contributed by atoms with van der Waals surface area (Å²) in [5, 5.41) is 12.8. The summed E-state index contributed by atoms with van der Waals surface area (Å²) in [7, 11) is 0. The summed E-state index contributed by atoms with van der Waals surface area (Å²) in [4.78, 5) is 15.7. The predicted octanol–water partition coefficient (Wildman–Crippen LogP) is 3.61. The van der Waals surface area contributed by atoms with Crippen molar-refractivity contribution >= 4 is 11.7 Å². The normalized spacial score (nSPS) is 25.2. The molecule has 0 amide bonds. The highest BCUT2D eigenvalue weighted by molar-refractivity contribution is 5.89. The lowest BCUT2D eigenvalue weighted by molar-refractivity contribution is 0.0696. The number of fused-ring (bicyclic) bond motifs is 3. The molecule has 4 nitrogen and oxygen atoms in total. The molecule has 0 fully saturated rings. The van der Waals surface area contributed by atoms with E-state index in [1.807, 2.05) is 30.5 Å². The van der Waals surface area contributed by atoms with Gasteiger partial charge in [0, 0.05) is 17.8 Å². The molecule has 4 heteroatoms. The van der Waals surface area contributed by atoms with Crippen LogP contribution in [0, 0.1) is 5.92 Å². The quantitative estimate of drug-likeness (QED) is 0.830. The molecule has 0 spiro atoms. The lowest BCUT2D eigenvalue weighted by Crippen LogP contribution is -2.29. The maximum absolute atomic E-state index is 11.2. The molecule has 22 heavy (non-hydrogen) atoms. The number of aromatic carboxylic acids is 1. The van der Waals surface area contributed by atoms with Crippen molar-refractivity contribution in [1.29, 1.82) is 0 Å². The molecule has 3 atom stereocenters. The average molecular weight is 292 g/mol. The van der Waals surface area contributed by atoms with Crippen LogP contribution in [-0.2, 0) is 0 Å². The Bertz CT molecular complexity index is 755. The number of benzene rings is 1. The summed E-state index contributed by atoms with van der Waals surface area (Å²) in [5.74, 6) is -0.248. The van der Waals surface area contributed by atoms with Crippen LogP contribution in [0.3, 0.4) is 0 Å². The van der Waals surface area contributed by atoms with E-state index in [4.69, 9.17) is 0 Å². The van der Waals surface area contributed by atoms with E-state index in [0.717, 1.165) is 23.4 Å². The van der Waals surface area contributed by atoms with Crippen LogP contribution in [0.25, 0.3) is 0 Å². The highest BCUT2D eigenvalue weighted by atomic mass is 16.4. The molecule has 0 unspecified atom stereocenters. The summed E-state index contributed by atoms with van der Waals surface area (Å²) in [6.07, 6.45) is 7.19. The molecule has 0 saturated carbocycles. The van der Waals surface area contributed by atoms with Gasteiger partial charge in [0.1, 0.15) is 0 Å². The van der Waals surface area contributed by atoms with Crippen LogP contribution in [-0.4, -0.2) is 16.1 Å². The van der Waals surface area contributed by atoms with Gasteiger partial charge >= 0.3 is 5.97 Å². The molecule has 2 aliphatic rings. The second-order valence-corrected chi connectivity index (χ2v) is 5.84. The fourth-order valence-electron chi connectivity index (χ4n) is 3.58. The first-order chi connectivity index (χ1) is 10.7. The molecule has 2 heterocycles. The third-order valence-corrected chi connectivity index (χ3v) is 4.62. The fraction of sp³-hybridized carbons (Fsp3) is 0.222. The van der Waals surface area contributed by atoms with E-state index < -0.39 is 5.97 Å². The Morgan fingerprint density at radius 2 is 2.18 bits per heavy atom. The summed E-state index contributed by atoms with van der Waals surface area (Å²) in [5.41, 5.74) is 3.46. The number of hydrogen-bond donors (Lipinski definition) is 2. The minimum absolute atomic E-state index is 0.157. The van der Waals surface area contributed by atoms with Crippen molar-refractivity contribution in [3.05, 3.63) is 71.6 Å². The highest BCUT2D eigenvalue weighted by Gasteiger charge is 2.38. The Morgan fingerprint density at radius 1 is 1.27 bits per heavy atom. The third-order valence-electron chi connectivity index (χ3n) is 4.62. The summed E-state index contributed by atoms with van der Waals surface area (Å²) in [6.45, 7) is 0. The number of nitrogens with zero attached hydrogens (tertiary/aromatic N) is 1. The first-order valence-corrected chi connectivity index (χ1v) is 7.45. The number of allylic oxidation sites excluding steroid dienone is 2. The monoisotopic (exact) mass is 292 g/mol. The number of nitrogens with one attached hydrogen (secondary N) is 1. The van der Waals surface area contributed by atoms with Gasteiger partial charge < -0.3 is 10.4 Å². The van der Waals surface area contributed by atoms with E-state index in [9.17, 15) is 9.90 Å². The van der Waals surface area contributed by atoms with Crippen molar-refractivity contribution in [2.24, 2.45) is 5.92 Å². The van der Waals surface area contributed by atoms with Crippen LogP contribution in [0.15, 0.2) is 54.7 Å². The van der Waals surface area contributed by atoms with Gasteiger partial charge in [-0.25, -0.2) is 4.79 Å². The van der Waals surface area contributed by atoms with Crippen molar-refractivity contribution in [3.63, 3.8) is 0 Å². The lowest BCUT2D eigenvalue weighted by atomic mass is 9.78. The molecule has 2 aromatic rings. The maximum Gasteiger partial charge on any atom is 0.335 e. The molecule has 0 radical (unpaired) electrons. The fourth-order valence-corrected chi connectivity index (χ4v) is 3.58. The first kappa shape index (κ1) is 13.1. The van der Waals surface area contributed by atoms with Gasteiger partial charge in [0.05, 0.1) is 17.3 Å². The number of rotatable bonds is 2. The minimum atomic E-state index is -0.881. The standard InChI is InChI=1S/C18H16N2O2/c21-18(22)11-7-8-15-14(10-11)12-4-3-5-13(12)17(20-15)16-6-1-2-9-19-16/h1-4,6-10,12-13,17,20H,5H2,(H,21,22)/t12-,13-,17+/m1/s1. The zero-order valence-electron chi connectivity index (χ0n) is 11.9. The first-order valence-electron chi connectivity index (χ1n) is 7.45. The molecule has 0 saturated heterocycles. The Balaban J connectivity index is 1.79. The number of carbonyl (C=O) groups is 1. The molecule has 1 aliphatic heterocycles. The molecule has 2 N–H and O–H groups in total. The van der Waals surface area contributed by atoms with Gasteiger partial charge in [-0.1, -0.05) is 18.2 Å². The molecule has 1 aromatic heterocycles. The third kappa shape index (κ3) is 1.99. The van der Waals surface area contributed by atoms with Crippen molar-refractivity contribution in [2.75, 3.05) is 5.32 Å². The second kappa shape index (κ2) is 4.98. The number of hydrogen-bond acceptors (Lipinski definition) is 3. The molecular formula is C18H16N2O2. The van der Waals surface area contributed by atoms with Crippen molar-refractivity contribution < 1.29 is 9.90 Å². The molecule has 0 bridgehead atoms. The van der Waals surface area contributed by atoms with E-state index in [0.29, 0.717) is 11.5 Å². The smallest absolute Gasteiger partial charge is 0.335 e. The Labute approximate surface area is 128 Å². The van der Waals surface area contributed by atoms with Gasteiger partial charge in [-0.05, 0) is 48.2 Å². The van der Waals surface area contributed by atoms with Crippen molar-refractivity contribution in [2.45, 2.75) is 18.4 Å². The van der Waals surface area contributed by atoms with Crippen molar-refractivity contribution in [3.8, 4) is 0 Å². The van der Waals surface area contributed by atoms with Gasteiger partial charge in [0.25, 0.3) is 0 Å². The highest BCUT2D eigenvalue weighted by Crippen LogP contribution is 2.49. The van der Waals surface area contributed by atoms with Gasteiger partial charge in [-0.15, -0.1) is 0 Å². The minimum Gasteiger partial charge on any atom is -0.478 e. The number of anilines is 1. The van der Waals surface area contributed by atoms with Crippen LogP contribution in [0.4, 0.5) is 5.69 Å². The van der Waals surface area contributed by atoms with E-state index >= 15 is 0 Å². The maximum atomic E-state index is 11.2. The van der Waals surface area contributed by atoms with E-state index in [-0.39, 0.29) is 12.0 Å². The van der Waals surface area contributed by atoms with Crippen LogP contribution in [0.5, 0.6) is 0 Å². The number of carboxylic acids is 1. The number of aromatic nitrogens is 1. The van der Waals surface area contributed by atoms with Crippen LogP contribution in [0.1, 0.15) is 40.0 Å². The largest absolute Gasteiger partial charge is 0.478 e. The van der Waals surface area contributed by atoms with Gasteiger partial charge in [0.2, 0.25) is 0 Å². The summed E-state index contributed by atoms with van der Waals surface area (Å²) < 4.78 is 0. The molecule has 4 rings (SSSR count). The lowest BCUT2D eigenvalue weighted by Gasteiger charge is -2.37. The van der Waals surface area contributed by atoms with E-state index in [1.165, 1.54) is 0 Å². The van der Waals surface area contributed by atoms with Crippen LogP contribution in [0.2, 0.25) is 0 Å². The van der Waals surface area contributed by atoms with Gasteiger partial charge in [-0.3, -0.25) is 4.98 Å². The predicted molar refractivity (Wildman–Crippen MR) is 84.0 cm³/mol. The second-order valence-electron chi connectivity index (χ2n) is 5.84. The number of pyridine rings is 1. The van der Waals surface area contributed by atoms with Crippen molar-refractivity contribution in [1.82, 2.24) is 4.98 Å². The topological polar surface area (TPSA) is 62.2 Å². The SMILES string of the molecule is O=C(O)c1ccc2c(c1)[C@@H]1C=CC[C@H]1[C@@H](c1ccccn1)N2. The summed E-state index contributed by atoms with van der Waals surface area (Å²) in [6, 6.07) is 11.5. The van der Waals surface area contributed by atoms with Crippen LogP contribution < -0.4 is 5.32 Å². The Kier molecular flexibility index (Phi) is 2.96. The average Bonchev–Trinajstić information content (AvgIpc) is 3.04. The molecule has 1 aromatic carbocycles. The molecule has 1 aliphatic carbocycles. The number of carboxylic acid groups (broad SMARTS) is 1. The van der Waals surface area contributed by atoms with E-state index in [2.05, 4.69) is 22.5 Å². The Morgan fingerprint density at radius 3 is 2.95 bits per heavy atom. The zero-order chi connectivity index (χ0) is 15.1. The Hall–Kier alpha value is -2.62. The summed E-state index contributed by atoms with van der Waals surface area (Å²) >= 11 is 0. The van der Waals surface area contributed by atoms with Gasteiger partial charge in [0.15, 0.2) is 0 Å². The van der Waals surface area contributed by atoms with E-state index in [1.54, 1.807) is 12.1 Å². The molecular weight excluding hydrogens is 276 g/mol. The van der Waals surface area contributed by atoms with Gasteiger partial charge in [-0.2, -0.15) is 0 Å². The molecule has 110 valence electrons. The van der Waals surface area contributed by atoms with Crippen LogP contribution >= 0.6 is 0 Å².